The highest BCUT2D eigenvalue weighted by Gasteiger charge is 2.23. The summed E-state index contributed by atoms with van der Waals surface area (Å²) in [5.41, 5.74) is 1.37. The van der Waals surface area contributed by atoms with Crippen LogP contribution < -0.4 is 4.90 Å². The molecule has 0 aliphatic carbocycles. The molecule has 1 saturated heterocycles. The highest BCUT2D eigenvalue weighted by atomic mass is 15.2. The summed E-state index contributed by atoms with van der Waals surface area (Å²) in [6, 6.07) is 4.81. The predicted molar refractivity (Wildman–Crippen MR) is 67.8 cm³/mol. The van der Waals surface area contributed by atoms with Gasteiger partial charge in [-0.05, 0) is 32.5 Å². The van der Waals surface area contributed by atoms with Gasteiger partial charge < -0.3 is 4.90 Å². The van der Waals surface area contributed by atoms with Crippen LogP contribution in [0.3, 0.4) is 0 Å². The molecule has 1 aliphatic rings. The van der Waals surface area contributed by atoms with Crippen molar-refractivity contribution in [2.24, 2.45) is 0 Å². The van der Waals surface area contributed by atoms with Crippen molar-refractivity contribution in [2.45, 2.75) is 25.3 Å². The fourth-order valence-electron chi connectivity index (χ4n) is 2.51. The summed E-state index contributed by atoms with van der Waals surface area (Å²) in [6.07, 6.45) is 5.78. The Morgan fingerprint density at radius 2 is 2.19 bits per heavy atom. The number of nitrogens with zero attached hydrogens (tertiary/aromatic N) is 3. The van der Waals surface area contributed by atoms with Gasteiger partial charge in [0.05, 0.1) is 0 Å². The zero-order valence-corrected chi connectivity index (χ0v) is 10.5. The van der Waals surface area contributed by atoms with Crippen molar-refractivity contribution in [3.8, 4) is 0 Å². The molecule has 16 heavy (non-hydrogen) atoms. The van der Waals surface area contributed by atoms with Crippen LogP contribution in [0.5, 0.6) is 0 Å². The molecule has 3 heteroatoms. The third-order valence-corrected chi connectivity index (χ3v) is 3.37. The first-order valence-corrected chi connectivity index (χ1v) is 6.02. The van der Waals surface area contributed by atoms with E-state index < -0.39 is 0 Å². The summed E-state index contributed by atoms with van der Waals surface area (Å²) in [7, 11) is 6.35. The number of hydrogen-bond acceptors (Lipinski definition) is 3. The fraction of sp³-hybridized carbons (Fsp3) is 0.615. The molecule has 0 N–H and O–H groups in total. The minimum absolute atomic E-state index is 0.542. The van der Waals surface area contributed by atoms with E-state index >= 15 is 0 Å². The molecule has 2 heterocycles. The Morgan fingerprint density at radius 1 is 1.38 bits per heavy atom. The summed E-state index contributed by atoms with van der Waals surface area (Å²) in [5, 5.41) is 0. The molecule has 1 aliphatic heterocycles. The molecule has 0 bridgehead atoms. The van der Waals surface area contributed by atoms with Crippen molar-refractivity contribution >= 4 is 5.82 Å². The number of rotatable bonds is 2. The van der Waals surface area contributed by atoms with Crippen LogP contribution in [-0.4, -0.2) is 37.6 Å². The molecule has 1 unspecified atom stereocenters. The van der Waals surface area contributed by atoms with Gasteiger partial charge in [-0.15, -0.1) is 0 Å². The van der Waals surface area contributed by atoms with Crippen LogP contribution in [0.4, 0.5) is 5.82 Å². The minimum Gasteiger partial charge on any atom is -0.362 e. The van der Waals surface area contributed by atoms with Gasteiger partial charge in [0.15, 0.2) is 0 Å². The number of pyridine rings is 1. The average Bonchev–Trinajstić information content (AvgIpc) is 2.29. The summed E-state index contributed by atoms with van der Waals surface area (Å²) in [5.74, 6) is 1.11. The lowest BCUT2D eigenvalue weighted by Crippen LogP contribution is -2.31. The van der Waals surface area contributed by atoms with Gasteiger partial charge in [-0.25, -0.2) is 4.98 Å². The zero-order chi connectivity index (χ0) is 11.5. The van der Waals surface area contributed by atoms with Gasteiger partial charge in [0.1, 0.15) is 5.82 Å². The van der Waals surface area contributed by atoms with Crippen molar-refractivity contribution in [1.82, 2.24) is 9.88 Å². The lowest BCUT2D eigenvalue weighted by molar-refractivity contribution is 0.187. The van der Waals surface area contributed by atoms with Gasteiger partial charge in [-0.1, -0.05) is 12.5 Å². The fourth-order valence-corrected chi connectivity index (χ4v) is 2.51. The second-order valence-electron chi connectivity index (χ2n) is 4.80. The van der Waals surface area contributed by atoms with E-state index in [0.29, 0.717) is 6.04 Å². The van der Waals surface area contributed by atoms with Gasteiger partial charge in [0, 0.05) is 31.9 Å². The van der Waals surface area contributed by atoms with Crippen molar-refractivity contribution in [2.75, 3.05) is 32.6 Å². The van der Waals surface area contributed by atoms with E-state index in [9.17, 15) is 0 Å². The van der Waals surface area contributed by atoms with Crippen LogP contribution in [-0.2, 0) is 0 Å². The van der Waals surface area contributed by atoms with Crippen LogP contribution in [0.1, 0.15) is 30.9 Å². The van der Waals surface area contributed by atoms with E-state index in [0.717, 1.165) is 5.82 Å². The summed E-state index contributed by atoms with van der Waals surface area (Å²) in [6.45, 7) is 1.20. The predicted octanol–water partition coefficient (Wildman–Crippen LogP) is 2.30. The second-order valence-corrected chi connectivity index (χ2v) is 4.80. The largest absolute Gasteiger partial charge is 0.362 e. The Kier molecular flexibility index (Phi) is 3.44. The molecule has 0 saturated carbocycles. The summed E-state index contributed by atoms with van der Waals surface area (Å²) in [4.78, 5) is 9.05. The molecule has 2 rings (SSSR count). The van der Waals surface area contributed by atoms with E-state index in [1.165, 1.54) is 31.4 Å². The Bertz CT molecular complexity index is 349. The Balaban J connectivity index is 2.31. The van der Waals surface area contributed by atoms with Crippen LogP contribution in [0, 0.1) is 0 Å². The average molecular weight is 219 g/mol. The maximum absolute atomic E-state index is 4.49. The molecule has 0 spiro atoms. The smallest absolute Gasteiger partial charge is 0.132 e. The standard InChI is InChI=1S/C13H21N3/c1-15(2)13-11(7-6-9-14-13)12-8-4-5-10-16(12)3/h6-7,9,12H,4-5,8,10H2,1-3H3. The number of hydrogen-bond donors (Lipinski definition) is 0. The van der Waals surface area contributed by atoms with Crippen LogP contribution >= 0.6 is 0 Å². The van der Waals surface area contributed by atoms with Crippen molar-refractivity contribution in [3.63, 3.8) is 0 Å². The van der Waals surface area contributed by atoms with E-state index in [2.05, 4.69) is 42.0 Å². The molecule has 0 amide bonds. The zero-order valence-electron chi connectivity index (χ0n) is 10.5. The van der Waals surface area contributed by atoms with E-state index in [1.54, 1.807) is 0 Å². The summed E-state index contributed by atoms with van der Waals surface area (Å²) >= 11 is 0. The molecule has 1 fully saturated rings. The SMILES string of the molecule is CN(C)c1ncccc1C1CCCCN1C. The van der Waals surface area contributed by atoms with Crippen LogP contribution in [0.15, 0.2) is 18.3 Å². The van der Waals surface area contributed by atoms with Gasteiger partial charge >= 0.3 is 0 Å². The molecule has 1 aromatic rings. The highest BCUT2D eigenvalue weighted by Crippen LogP contribution is 2.33. The Hall–Kier alpha value is -1.09. The van der Waals surface area contributed by atoms with Crippen LogP contribution in [0.25, 0.3) is 0 Å². The normalized spacial score (nSPS) is 22.1. The topological polar surface area (TPSA) is 19.4 Å². The lowest BCUT2D eigenvalue weighted by atomic mass is 9.96. The van der Waals surface area contributed by atoms with E-state index in [1.807, 2.05) is 12.3 Å². The highest BCUT2D eigenvalue weighted by molar-refractivity contribution is 5.47. The molecule has 88 valence electrons. The number of piperidine rings is 1. The Morgan fingerprint density at radius 3 is 2.88 bits per heavy atom. The van der Waals surface area contributed by atoms with Crippen molar-refractivity contribution < 1.29 is 0 Å². The number of aromatic nitrogens is 1. The minimum atomic E-state index is 0.542. The monoisotopic (exact) mass is 219 g/mol. The van der Waals surface area contributed by atoms with Gasteiger partial charge in [-0.2, -0.15) is 0 Å². The molecule has 0 aromatic carbocycles. The quantitative estimate of drug-likeness (QED) is 0.761. The maximum atomic E-state index is 4.49. The van der Waals surface area contributed by atoms with Crippen molar-refractivity contribution in [3.05, 3.63) is 23.9 Å². The number of likely N-dealkylation sites (tertiary alicyclic amines) is 1. The second kappa shape index (κ2) is 4.83. The van der Waals surface area contributed by atoms with Crippen molar-refractivity contribution in [1.29, 1.82) is 0 Å². The molecule has 1 atom stereocenters. The van der Waals surface area contributed by atoms with Gasteiger partial charge in [0.2, 0.25) is 0 Å². The third-order valence-electron chi connectivity index (χ3n) is 3.37. The molecule has 1 aromatic heterocycles. The van der Waals surface area contributed by atoms with Gasteiger partial charge in [0.25, 0.3) is 0 Å². The lowest BCUT2D eigenvalue weighted by Gasteiger charge is -2.34. The third kappa shape index (κ3) is 2.19. The molecule has 0 radical (unpaired) electrons. The van der Waals surface area contributed by atoms with E-state index in [-0.39, 0.29) is 0 Å². The first kappa shape index (κ1) is 11.4. The number of anilines is 1. The maximum Gasteiger partial charge on any atom is 0.132 e. The molecular formula is C13H21N3. The first-order valence-electron chi connectivity index (χ1n) is 6.02. The van der Waals surface area contributed by atoms with Crippen LogP contribution in [0.2, 0.25) is 0 Å². The van der Waals surface area contributed by atoms with E-state index in [4.69, 9.17) is 0 Å². The summed E-state index contributed by atoms with van der Waals surface area (Å²) < 4.78 is 0. The Labute approximate surface area is 98.1 Å². The first-order chi connectivity index (χ1) is 7.70. The molecular weight excluding hydrogens is 198 g/mol. The van der Waals surface area contributed by atoms with Gasteiger partial charge in [-0.3, -0.25) is 4.90 Å². The molecule has 3 nitrogen and oxygen atoms in total.